The van der Waals surface area contributed by atoms with Crippen LogP contribution in [0, 0.1) is 18.3 Å². The maximum absolute atomic E-state index is 13.1. The highest BCUT2D eigenvalue weighted by Crippen LogP contribution is 2.36. The van der Waals surface area contributed by atoms with Gasteiger partial charge < -0.3 is 24.3 Å². The van der Waals surface area contributed by atoms with E-state index in [4.69, 9.17) is 30.5 Å². The molecule has 39 heavy (non-hydrogen) atoms. The Hall–Kier alpha value is -4.67. The maximum atomic E-state index is 13.1. The number of nitriles is 1. The van der Waals surface area contributed by atoms with Gasteiger partial charge in [0.15, 0.2) is 0 Å². The van der Waals surface area contributed by atoms with Crippen LogP contribution in [0.4, 0.5) is 5.69 Å². The second-order valence-electron chi connectivity index (χ2n) is 8.59. The van der Waals surface area contributed by atoms with Gasteiger partial charge in [0, 0.05) is 29.3 Å². The fraction of sp³-hybridized carbons (Fsp3) is 0.161. The summed E-state index contributed by atoms with van der Waals surface area (Å²) in [5, 5.41) is 15.1. The van der Waals surface area contributed by atoms with Gasteiger partial charge in [-0.2, -0.15) is 5.26 Å². The Labute approximate surface area is 232 Å². The van der Waals surface area contributed by atoms with E-state index in [-0.39, 0.29) is 12.2 Å². The van der Waals surface area contributed by atoms with Crippen LogP contribution >= 0.6 is 11.6 Å². The van der Waals surface area contributed by atoms with Crippen LogP contribution in [0.1, 0.15) is 16.7 Å². The lowest BCUT2D eigenvalue weighted by molar-refractivity contribution is -0.112. The molecule has 4 aromatic carbocycles. The zero-order valence-electron chi connectivity index (χ0n) is 22.0. The Balaban J connectivity index is 1.66. The molecule has 1 amide bonds. The number of hydrogen-bond donors (Lipinski definition) is 1. The third-order valence-electron chi connectivity index (χ3n) is 6.25. The number of ether oxygens (including phenoxy) is 4. The molecule has 0 heterocycles. The Bertz CT molecular complexity index is 1610. The minimum absolute atomic E-state index is 0.137. The molecule has 0 aliphatic rings. The van der Waals surface area contributed by atoms with Gasteiger partial charge >= 0.3 is 0 Å². The summed E-state index contributed by atoms with van der Waals surface area (Å²) >= 11 is 6.17. The molecule has 4 rings (SSSR count). The number of carbonyl (C=O) groups is 1. The molecule has 0 fully saturated rings. The number of methoxy groups -OCH3 is 3. The highest BCUT2D eigenvalue weighted by atomic mass is 35.5. The fourth-order valence-electron chi connectivity index (χ4n) is 4.12. The van der Waals surface area contributed by atoms with Crippen LogP contribution in [0.15, 0.2) is 72.3 Å². The third-order valence-corrected chi connectivity index (χ3v) is 6.55. The SMILES string of the molecule is COc1ccc(/C=C(\C#N)C(=O)Nc2cc(OC)c(Cl)cc2OC)c(OCc2c(C)ccc3ccccc23)c1. The number of carbonyl (C=O) groups excluding carboxylic acids is 1. The Morgan fingerprint density at radius 1 is 0.949 bits per heavy atom. The van der Waals surface area contributed by atoms with E-state index >= 15 is 0 Å². The predicted octanol–water partition coefficient (Wildman–Crippen LogP) is 6.95. The lowest BCUT2D eigenvalue weighted by Gasteiger charge is -2.15. The first-order chi connectivity index (χ1) is 18.9. The number of fused-ring (bicyclic) bond motifs is 1. The summed E-state index contributed by atoms with van der Waals surface area (Å²) in [4.78, 5) is 13.1. The van der Waals surface area contributed by atoms with Crippen molar-refractivity contribution >= 4 is 40.0 Å². The quantitative estimate of drug-likeness (QED) is 0.182. The minimum Gasteiger partial charge on any atom is -0.497 e. The molecule has 0 aliphatic carbocycles. The zero-order chi connectivity index (χ0) is 27.9. The Kier molecular flexibility index (Phi) is 8.60. The largest absolute Gasteiger partial charge is 0.497 e. The van der Waals surface area contributed by atoms with Crippen LogP contribution in [0.2, 0.25) is 5.02 Å². The molecule has 8 heteroatoms. The molecule has 0 aromatic heterocycles. The smallest absolute Gasteiger partial charge is 0.266 e. The molecule has 1 N–H and O–H groups in total. The highest BCUT2D eigenvalue weighted by molar-refractivity contribution is 6.32. The predicted molar refractivity (Wildman–Crippen MR) is 153 cm³/mol. The van der Waals surface area contributed by atoms with Gasteiger partial charge in [-0.25, -0.2) is 0 Å². The molecule has 0 saturated heterocycles. The molecule has 0 bridgehead atoms. The molecule has 0 spiro atoms. The van der Waals surface area contributed by atoms with Crippen LogP contribution in [0.3, 0.4) is 0 Å². The summed E-state index contributed by atoms with van der Waals surface area (Å²) in [5.41, 5.74) is 2.86. The number of hydrogen-bond acceptors (Lipinski definition) is 6. The van der Waals surface area contributed by atoms with Crippen molar-refractivity contribution in [2.24, 2.45) is 0 Å². The van der Waals surface area contributed by atoms with Crippen molar-refractivity contribution < 1.29 is 23.7 Å². The summed E-state index contributed by atoms with van der Waals surface area (Å²) in [7, 11) is 4.48. The Morgan fingerprint density at radius 3 is 2.44 bits per heavy atom. The average molecular weight is 543 g/mol. The van der Waals surface area contributed by atoms with E-state index in [1.807, 2.05) is 25.1 Å². The number of aryl methyl sites for hydroxylation is 1. The van der Waals surface area contributed by atoms with Gasteiger partial charge in [-0.15, -0.1) is 0 Å². The van der Waals surface area contributed by atoms with Crippen LogP contribution in [-0.4, -0.2) is 27.2 Å². The van der Waals surface area contributed by atoms with E-state index in [1.165, 1.54) is 32.4 Å². The van der Waals surface area contributed by atoms with Crippen LogP contribution in [0.25, 0.3) is 16.8 Å². The lowest BCUT2D eigenvalue weighted by Crippen LogP contribution is -2.14. The maximum Gasteiger partial charge on any atom is 0.266 e. The number of anilines is 1. The molecular formula is C31H27ClN2O5. The first kappa shape index (κ1) is 27.4. The number of rotatable bonds is 9. The van der Waals surface area contributed by atoms with Gasteiger partial charge in [0.05, 0.1) is 32.0 Å². The van der Waals surface area contributed by atoms with Gasteiger partial charge in [-0.3, -0.25) is 4.79 Å². The summed E-state index contributed by atoms with van der Waals surface area (Å²) < 4.78 is 22.2. The standard InChI is InChI=1S/C31H27ClN2O5/c1-19-9-10-20-7-5-6-8-24(20)25(19)18-39-28-14-23(36-2)12-11-21(28)13-22(17-33)31(35)34-27-16-29(37-3)26(32)15-30(27)38-4/h5-16H,18H2,1-4H3,(H,34,35)/b22-13+. The second-order valence-corrected chi connectivity index (χ2v) is 8.99. The highest BCUT2D eigenvalue weighted by Gasteiger charge is 2.17. The van der Waals surface area contributed by atoms with E-state index in [0.29, 0.717) is 39.3 Å². The average Bonchev–Trinajstić information content (AvgIpc) is 2.96. The Morgan fingerprint density at radius 2 is 1.72 bits per heavy atom. The van der Waals surface area contributed by atoms with Crippen LogP contribution < -0.4 is 24.3 Å². The van der Waals surface area contributed by atoms with E-state index in [1.54, 1.807) is 25.3 Å². The molecule has 0 aliphatic heterocycles. The number of benzene rings is 4. The molecular weight excluding hydrogens is 516 g/mol. The summed E-state index contributed by atoms with van der Waals surface area (Å²) in [6, 6.07) is 22.5. The van der Waals surface area contributed by atoms with E-state index in [9.17, 15) is 10.1 Å². The molecule has 0 saturated carbocycles. The monoisotopic (exact) mass is 542 g/mol. The van der Waals surface area contributed by atoms with Crippen molar-refractivity contribution in [3.05, 3.63) is 94.0 Å². The number of halogens is 1. The zero-order valence-corrected chi connectivity index (χ0v) is 22.8. The first-order valence-corrected chi connectivity index (χ1v) is 12.4. The molecule has 198 valence electrons. The third kappa shape index (κ3) is 6.08. The topological polar surface area (TPSA) is 89.8 Å². The normalized spacial score (nSPS) is 11.0. The van der Waals surface area contributed by atoms with Crippen molar-refractivity contribution in [1.82, 2.24) is 0 Å². The van der Waals surface area contributed by atoms with Crippen molar-refractivity contribution in [2.75, 3.05) is 26.6 Å². The summed E-state index contributed by atoms with van der Waals surface area (Å²) in [6.45, 7) is 2.33. The molecule has 0 atom stereocenters. The van der Waals surface area contributed by atoms with Gasteiger partial charge in [0.2, 0.25) is 0 Å². The molecule has 7 nitrogen and oxygen atoms in total. The number of nitrogens with one attached hydrogen (secondary N) is 1. The minimum atomic E-state index is -0.633. The first-order valence-electron chi connectivity index (χ1n) is 12.0. The van der Waals surface area contributed by atoms with Crippen LogP contribution in [-0.2, 0) is 11.4 Å². The van der Waals surface area contributed by atoms with Gasteiger partial charge in [-0.1, -0.05) is 48.0 Å². The van der Waals surface area contributed by atoms with Crippen LogP contribution in [0.5, 0.6) is 23.0 Å². The van der Waals surface area contributed by atoms with Gasteiger partial charge in [0.25, 0.3) is 5.91 Å². The summed E-state index contributed by atoms with van der Waals surface area (Å²) in [5.74, 6) is 1.09. The number of nitrogens with zero attached hydrogens (tertiary/aromatic N) is 1. The van der Waals surface area contributed by atoms with Crippen molar-refractivity contribution in [1.29, 1.82) is 5.26 Å². The van der Waals surface area contributed by atoms with Crippen molar-refractivity contribution in [3.8, 4) is 29.1 Å². The van der Waals surface area contributed by atoms with E-state index in [0.717, 1.165) is 21.9 Å². The van der Waals surface area contributed by atoms with Gasteiger partial charge in [-0.05, 0) is 41.5 Å². The number of amides is 1. The van der Waals surface area contributed by atoms with Crippen molar-refractivity contribution in [2.45, 2.75) is 13.5 Å². The van der Waals surface area contributed by atoms with E-state index < -0.39 is 5.91 Å². The molecule has 4 aromatic rings. The molecule has 0 radical (unpaired) electrons. The van der Waals surface area contributed by atoms with Gasteiger partial charge in [0.1, 0.15) is 41.2 Å². The fourth-order valence-corrected chi connectivity index (χ4v) is 4.36. The van der Waals surface area contributed by atoms with Crippen molar-refractivity contribution in [3.63, 3.8) is 0 Å². The second kappa shape index (κ2) is 12.2. The lowest BCUT2D eigenvalue weighted by atomic mass is 10.0. The summed E-state index contributed by atoms with van der Waals surface area (Å²) in [6.07, 6.45) is 1.47. The van der Waals surface area contributed by atoms with E-state index in [2.05, 4.69) is 29.6 Å². The molecule has 0 unspecified atom stereocenters.